The van der Waals surface area contributed by atoms with Crippen molar-refractivity contribution in [3.05, 3.63) is 53.6 Å². The molecular weight excluding hydrogens is 342 g/mol. The van der Waals surface area contributed by atoms with E-state index < -0.39 is 6.10 Å². The van der Waals surface area contributed by atoms with Gasteiger partial charge < -0.3 is 10.4 Å². The Bertz CT molecular complexity index is 723. The topological polar surface area (TPSA) is 32.3 Å². The third kappa shape index (κ3) is 5.25. The number of hydrogen-bond acceptors (Lipinski definition) is 2. The largest absolute Gasteiger partial charge is 0.390 e. The predicted octanol–water partition coefficient (Wildman–Crippen LogP) is 5.96. The lowest BCUT2D eigenvalue weighted by atomic mass is 9.84. The molecule has 0 fully saturated rings. The van der Waals surface area contributed by atoms with Crippen LogP contribution < -0.4 is 5.32 Å². The van der Waals surface area contributed by atoms with Crippen molar-refractivity contribution in [2.24, 2.45) is 0 Å². The van der Waals surface area contributed by atoms with E-state index >= 15 is 0 Å². The Morgan fingerprint density at radius 3 is 1.92 bits per heavy atom. The molecule has 2 aromatic carbocycles. The molecule has 0 saturated carbocycles. The average Bonchev–Trinajstić information content (AvgIpc) is 2.58. The summed E-state index contributed by atoms with van der Waals surface area (Å²) < 4.78 is 0. The molecule has 2 N–H and O–H groups in total. The molecule has 1 unspecified atom stereocenters. The summed E-state index contributed by atoms with van der Waals surface area (Å²) in [7, 11) is 0. The number of nitrogens with one attached hydrogen (secondary N) is 1. The van der Waals surface area contributed by atoms with Gasteiger partial charge in [0.1, 0.15) is 0 Å². The molecule has 0 aliphatic rings. The number of benzene rings is 2. The minimum Gasteiger partial charge on any atom is -0.390 e. The zero-order valence-corrected chi connectivity index (χ0v) is 17.6. The number of aliphatic hydroxyl groups is 1. The predicted molar refractivity (Wildman–Crippen MR) is 114 cm³/mol. The summed E-state index contributed by atoms with van der Waals surface area (Å²) in [6, 6.07) is 15.3. The first-order valence-electron chi connectivity index (χ1n) is 9.25. The van der Waals surface area contributed by atoms with Gasteiger partial charge in [0.2, 0.25) is 0 Å². The highest BCUT2D eigenvalue weighted by molar-refractivity contribution is 6.18. The van der Waals surface area contributed by atoms with Crippen molar-refractivity contribution in [3.63, 3.8) is 0 Å². The van der Waals surface area contributed by atoms with E-state index in [1.807, 2.05) is 0 Å². The van der Waals surface area contributed by atoms with Crippen LogP contribution in [0.5, 0.6) is 0 Å². The van der Waals surface area contributed by atoms with E-state index in [-0.39, 0.29) is 16.7 Å². The Hall–Kier alpha value is -1.51. The molecule has 3 heteroatoms. The highest BCUT2D eigenvalue weighted by Crippen LogP contribution is 2.34. The first-order valence-corrected chi connectivity index (χ1v) is 9.79. The van der Waals surface area contributed by atoms with Crippen LogP contribution in [0.15, 0.2) is 42.5 Å². The molecule has 0 heterocycles. The van der Waals surface area contributed by atoms with E-state index in [4.69, 9.17) is 11.6 Å². The highest BCUT2D eigenvalue weighted by atomic mass is 35.5. The van der Waals surface area contributed by atoms with Crippen LogP contribution in [0.1, 0.15) is 52.7 Å². The monoisotopic (exact) mass is 373 g/mol. The molecule has 0 aliphatic carbocycles. The summed E-state index contributed by atoms with van der Waals surface area (Å²) in [5.41, 5.74) is 6.12. The minimum absolute atomic E-state index is 0.0656. The van der Waals surface area contributed by atoms with Gasteiger partial charge in [-0.15, -0.1) is 11.6 Å². The van der Waals surface area contributed by atoms with Gasteiger partial charge in [-0.1, -0.05) is 77.9 Å². The van der Waals surface area contributed by atoms with Crippen LogP contribution in [0.3, 0.4) is 0 Å². The van der Waals surface area contributed by atoms with Gasteiger partial charge in [0.15, 0.2) is 0 Å². The van der Waals surface area contributed by atoms with E-state index in [9.17, 15) is 5.11 Å². The van der Waals surface area contributed by atoms with E-state index in [0.717, 1.165) is 11.3 Å². The van der Waals surface area contributed by atoms with Crippen LogP contribution in [-0.2, 0) is 10.8 Å². The second kappa shape index (κ2) is 8.02. The van der Waals surface area contributed by atoms with Crippen molar-refractivity contribution < 1.29 is 5.11 Å². The standard InChI is InChI=1S/C23H32ClNO/c1-22(2,3)17-9-7-16(8-10-17)20-12-11-18(23(4,5)6)13-21(20)25-15-19(26)14-24/h7-13,19,25-26H,14-15H2,1-6H3. The molecule has 2 aromatic rings. The lowest BCUT2D eigenvalue weighted by molar-refractivity contribution is 0.211. The maximum absolute atomic E-state index is 9.84. The SMILES string of the molecule is CC(C)(C)c1ccc(-c2ccc(C(C)(C)C)cc2NCC(O)CCl)cc1. The van der Waals surface area contributed by atoms with Crippen molar-refractivity contribution in [3.8, 4) is 11.1 Å². The number of alkyl halides is 1. The number of rotatable bonds is 5. The van der Waals surface area contributed by atoms with Crippen LogP contribution in [0.2, 0.25) is 0 Å². The van der Waals surface area contributed by atoms with Crippen molar-refractivity contribution in [2.45, 2.75) is 58.5 Å². The smallest absolute Gasteiger partial charge is 0.0847 e. The molecule has 0 aliphatic heterocycles. The summed E-state index contributed by atoms with van der Waals surface area (Å²) in [6.07, 6.45) is -0.564. The van der Waals surface area contributed by atoms with Crippen molar-refractivity contribution in [2.75, 3.05) is 17.7 Å². The molecule has 142 valence electrons. The van der Waals surface area contributed by atoms with Gasteiger partial charge in [-0.2, -0.15) is 0 Å². The van der Waals surface area contributed by atoms with Gasteiger partial charge in [-0.3, -0.25) is 0 Å². The van der Waals surface area contributed by atoms with Crippen molar-refractivity contribution >= 4 is 17.3 Å². The van der Waals surface area contributed by atoms with E-state index in [0.29, 0.717) is 6.54 Å². The molecule has 0 bridgehead atoms. The van der Waals surface area contributed by atoms with Gasteiger partial charge in [0, 0.05) is 17.8 Å². The fourth-order valence-corrected chi connectivity index (χ4v) is 2.95. The lowest BCUT2D eigenvalue weighted by Crippen LogP contribution is -2.21. The molecular formula is C23H32ClNO. The third-order valence-electron chi connectivity index (χ3n) is 4.65. The molecule has 2 nitrogen and oxygen atoms in total. The summed E-state index contributed by atoms with van der Waals surface area (Å²) in [6.45, 7) is 13.7. The molecule has 26 heavy (non-hydrogen) atoms. The van der Waals surface area contributed by atoms with Crippen LogP contribution >= 0.6 is 11.6 Å². The zero-order valence-electron chi connectivity index (χ0n) is 16.9. The summed E-state index contributed by atoms with van der Waals surface area (Å²) in [5.74, 6) is 0.224. The van der Waals surface area contributed by atoms with Gasteiger partial charge in [-0.05, 0) is 33.6 Å². The first-order chi connectivity index (χ1) is 12.0. The van der Waals surface area contributed by atoms with Crippen LogP contribution in [0, 0.1) is 0 Å². The number of anilines is 1. The Kier molecular flexibility index (Phi) is 6.42. The van der Waals surface area contributed by atoms with Gasteiger partial charge in [0.25, 0.3) is 0 Å². The van der Waals surface area contributed by atoms with E-state index in [1.165, 1.54) is 16.7 Å². The Morgan fingerprint density at radius 2 is 1.42 bits per heavy atom. The maximum atomic E-state index is 9.84. The molecule has 0 spiro atoms. The number of aliphatic hydroxyl groups excluding tert-OH is 1. The summed E-state index contributed by atoms with van der Waals surface area (Å²) in [4.78, 5) is 0. The second-order valence-corrected chi connectivity index (χ2v) is 9.34. The third-order valence-corrected chi connectivity index (χ3v) is 5.01. The second-order valence-electron chi connectivity index (χ2n) is 9.03. The maximum Gasteiger partial charge on any atom is 0.0847 e. The van der Waals surface area contributed by atoms with E-state index in [2.05, 4.69) is 89.3 Å². The fourth-order valence-electron chi connectivity index (χ4n) is 2.84. The Balaban J connectivity index is 2.42. The molecule has 1 atom stereocenters. The van der Waals surface area contributed by atoms with Crippen LogP contribution in [0.25, 0.3) is 11.1 Å². The quantitative estimate of drug-likeness (QED) is 0.633. The van der Waals surface area contributed by atoms with Gasteiger partial charge in [-0.25, -0.2) is 0 Å². The minimum atomic E-state index is -0.564. The Labute approximate surface area is 163 Å². The van der Waals surface area contributed by atoms with Crippen LogP contribution in [-0.4, -0.2) is 23.6 Å². The fraction of sp³-hybridized carbons (Fsp3) is 0.478. The molecule has 0 radical (unpaired) electrons. The van der Waals surface area contributed by atoms with Crippen molar-refractivity contribution in [1.82, 2.24) is 0 Å². The highest BCUT2D eigenvalue weighted by Gasteiger charge is 2.18. The van der Waals surface area contributed by atoms with Gasteiger partial charge >= 0.3 is 0 Å². The molecule has 0 saturated heterocycles. The Morgan fingerprint density at radius 1 is 0.885 bits per heavy atom. The number of halogens is 1. The lowest BCUT2D eigenvalue weighted by Gasteiger charge is -2.23. The van der Waals surface area contributed by atoms with E-state index in [1.54, 1.807) is 0 Å². The van der Waals surface area contributed by atoms with Gasteiger partial charge in [0.05, 0.1) is 12.0 Å². The molecule has 2 rings (SSSR count). The average molecular weight is 374 g/mol. The van der Waals surface area contributed by atoms with Crippen LogP contribution in [0.4, 0.5) is 5.69 Å². The molecule has 0 amide bonds. The zero-order chi connectivity index (χ0) is 19.5. The normalized spacial score (nSPS) is 13.5. The number of hydrogen-bond donors (Lipinski definition) is 2. The summed E-state index contributed by atoms with van der Waals surface area (Å²) >= 11 is 5.75. The summed E-state index contributed by atoms with van der Waals surface area (Å²) in [5, 5.41) is 13.2. The van der Waals surface area contributed by atoms with Crippen molar-refractivity contribution in [1.29, 1.82) is 0 Å². The molecule has 0 aromatic heterocycles. The first kappa shape index (κ1) is 20.8.